The molecular weight excluding hydrogens is 274 g/mol. The number of nitrogens with one attached hydrogen (secondary N) is 1. The highest BCUT2D eigenvalue weighted by Gasteiger charge is 2.18. The lowest BCUT2D eigenvalue weighted by Crippen LogP contribution is -2.20. The van der Waals surface area contributed by atoms with Crippen molar-refractivity contribution in [1.29, 1.82) is 0 Å². The minimum Gasteiger partial charge on any atom is -0.478 e. The molecule has 1 heterocycles. The van der Waals surface area contributed by atoms with Crippen LogP contribution in [0.1, 0.15) is 35.2 Å². The highest BCUT2D eigenvalue weighted by atomic mass is 32.2. The van der Waals surface area contributed by atoms with E-state index in [1.165, 1.54) is 6.07 Å². The highest BCUT2D eigenvalue weighted by Crippen LogP contribution is 2.26. The molecule has 0 atom stereocenters. The van der Waals surface area contributed by atoms with Gasteiger partial charge in [0.25, 0.3) is 0 Å². The fourth-order valence-electron chi connectivity index (χ4n) is 2.30. The standard InChI is InChI=1S/C15H19NO3S/c1-10-2-3-12(15(18)19)9-13(10)16-14(17)8-11-4-6-20-7-5-11/h2-3,9,11H,4-8H2,1H3,(H,16,17)(H,18,19). The largest absolute Gasteiger partial charge is 0.478 e. The van der Waals surface area contributed by atoms with E-state index in [1.54, 1.807) is 12.1 Å². The SMILES string of the molecule is Cc1ccc(C(=O)O)cc1NC(=O)CC1CCSCC1. The van der Waals surface area contributed by atoms with E-state index in [4.69, 9.17) is 5.11 Å². The molecule has 0 spiro atoms. The van der Waals surface area contributed by atoms with E-state index in [0.29, 0.717) is 18.0 Å². The maximum absolute atomic E-state index is 12.0. The van der Waals surface area contributed by atoms with E-state index in [-0.39, 0.29) is 11.5 Å². The maximum atomic E-state index is 12.0. The van der Waals surface area contributed by atoms with E-state index in [9.17, 15) is 9.59 Å². The Balaban J connectivity index is 1.99. The predicted octanol–water partition coefficient (Wildman–Crippen LogP) is 3.17. The number of aromatic carboxylic acids is 1. The Kier molecular flexibility index (Phi) is 5.06. The van der Waals surface area contributed by atoms with Gasteiger partial charge in [0.2, 0.25) is 5.91 Å². The lowest BCUT2D eigenvalue weighted by Gasteiger charge is -2.20. The number of carboxylic acids is 1. The molecule has 0 unspecified atom stereocenters. The van der Waals surface area contributed by atoms with E-state index in [1.807, 2.05) is 18.7 Å². The zero-order valence-electron chi connectivity index (χ0n) is 11.5. The average molecular weight is 293 g/mol. The first-order valence-electron chi connectivity index (χ1n) is 6.78. The predicted molar refractivity (Wildman–Crippen MR) is 81.4 cm³/mol. The van der Waals surface area contributed by atoms with Crippen molar-refractivity contribution in [2.75, 3.05) is 16.8 Å². The number of aryl methyl sites for hydroxylation is 1. The topological polar surface area (TPSA) is 66.4 Å². The van der Waals surface area contributed by atoms with Crippen molar-refractivity contribution in [3.63, 3.8) is 0 Å². The van der Waals surface area contributed by atoms with Gasteiger partial charge in [0.05, 0.1) is 5.56 Å². The quantitative estimate of drug-likeness (QED) is 0.895. The molecule has 20 heavy (non-hydrogen) atoms. The van der Waals surface area contributed by atoms with Crippen LogP contribution in [-0.2, 0) is 4.79 Å². The first-order chi connectivity index (χ1) is 9.56. The molecule has 0 radical (unpaired) electrons. The summed E-state index contributed by atoms with van der Waals surface area (Å²) in [5, 5.41) is 11.8. The molecule has 0 aromatic heterocycles. The molecule has 2 N–H and O–H groups in total. The molecule has 1 aromatic carbocycles. The molecule has 1 aliphatic rings. The second kappa shape index (κ2) is 6.79. The van der Waals surface area contributed by atoms with E-state index < -0.39 is 5.97 Å². The summed E-state index contributed by atoms with van der Waals surface area (Å²) in [4.78, 5) is 23.0. The van der Waals surface area contributed by atoms with Crippen LogP contribution in [0, 0.1) is 12.8 Å². The number of rotatable bonds is 4. The molecule has 2 rings (SSSR count). The van der Waals surface area contributed by atoms with Crippen LogP contribution in [0.15, 0.2) is 18.2 Å². The van der Waals surface area contributed by atoms with Gasteiger partial charge in [-0.2, -0.15) is 11.8 Å². The highest BCUT2D eigenvalue weighted by molar-refractivity contribution is 7.99. The van der Waals surface area contributed by atoms with Crippen LogP contribution in [0.2, 0.25) is 0 Å². The zero-order chi connectivity index (χ0) is 14.5. The molecule has 0 aliphatic carbocycles. The third-order valence-electron chi connectivity index (χ3n) is 3.57. The second-order valence-corrected chi connectivity index (χ2v) is 6.37. The Morgan fingerprint density at radius 2 is 2.05 bits per heavy atom. The zero-order valence-corrected chi connectivity index (χ0v) is 12.3. The Morgan fingerprint density at radius 1 is 1.35 bits per heavy atom. The summed E-state index contributed by atoms with van der Waals surface area (Å²) in [6, 6.07) is 4.79. The molecule has 0 saturated carbocycles. The van der Waals surface area contributed by atoms with Crippen LogP contribution in [0.25, 0.3) is 0 Å². The van der Waals surface area contributed by atoms with Crippen molar-refractivity contribution in [2.24, 2.45) is 5.92 Å². The lowest BCUT2D eigenvalue weighted by molar-refractivity contribution is -0.117. The molecule has 5 heteroatoms. The number of carbonyl (C=O) groups is 2. The minimum absolute atomic E-state index is 0.0208. The second-order valence-electron chi connectivity index (χ2n) is 5.14. The molecule has 1 amide bonds. The van der Waals surface area contributed by atoms with E-state index >= 15 is 0 Å². The summed E-state index contributed by atoms with van der Waals surface area (Å²) in [6.07, 6.45) is 2.70. The lowest BCUT2D eigenvalue weighted by atomic mass is 9.98. The van der Waals surface area contributed by atoms with Crippen LogP contribution in [0.4, 0.5) is 5.69 Å². The molecule has 1 aromatic rings. The normalized spacial score (nSPS) is 15.8. The van der Waals surface area contributed by atoms with Gasteiger partial charge < -0.3 is 10.4 Å². The molecule has 1 saturated heterocycles. The van der Waals surface area contributed by atoms with Crippen LogP contribution in [0.5, 0.6) is 0 Å². The first-order valence-corrected chi connectivity index (χ1v) is 7.93. The summed E-state index contributed by atoms with van der Waals surface area (Å²) < 4.78 is 0. The van der Waals surface area contributed by atoms with Gasteiger partial charge in [-0.25, -0.2) is 4.79 Å². The number of hydrogen-bond donors (Lipinski definition) is 2. The number of carbonyl (C=O) groups excluding carboxylic acids is 1. The maximum Gasteiger partial charge on any atom is 0.335 e. The van der Waals surface area contributed by atoms with Gasteiger partial charge in [-0.1, -0.05) is 6.07 Å². The van der Waals surface area contributed by atoms with Crippen LogP contribution in [-0.4, -0.2) is 28.5 Å². The Morgan fingerprint density at radius 3 is 2.70 bits per heavy atom. The average Bonchev–Trinajstić information content (AvgIpc) is 2.42. The Hall–Kier alpha value is -1.49. The Labute approximate surface area is 123 Å². The van der Waals surface area contributed by atoms with Crippen molar-refractivity contribution < 1.29 is 14.7 Å². The van der Waals surface area contributed by atoms with Gasteiger partial charge in [-0.05, 0) is 54.9 Å². The number of hydrogen-bond acceptors (Lipinski definition) is 3. The summed E-state index contributed by atoms with van der Waals surface area (Å²) in [6.45, 7) is 1.86. The van der Waals surface area contributed by atoms with Gasteiger partial charge in [0, 0.05) is 12.1 Å². The van der Waals surface area contributed by atoms with Crippen molar-refractivity contribution in [1.82, 2.24) is 0 Å². The van der Waals surface area contributed by atoms with Crippen LogP contribution in [0.3, 0.4) is 0 Å². The fraction of sp³-hybridized carbons (Fsp3) is 0.467. The molecule has 1 fully saturated rings. The first kappa shape index (κ1) is 14.9. The van der Waals surface area contributed by atoms with Crippen molar-refractivity contribution >= 4 is 29.3 Å². The van der Waals surface area contributed by atoms with Crippen LogP contribution < -0.4 is 5.32 Å². The molecular formula is C15H19NO3S. The van der Waals surface area contributed by atoms with Crippen molar-refractivity contribution in [3.8, 4) is 0 Å². The van der Waals surface area contributed by atoms with Gasteiger partial charge >= 0.3 is 5.97 Å². The third-order valence-corrected chi connectivity index (χ3v) is 4.62. The molecule has 1 aliphatic heterocycles. The third kappa shape index (κ3) is 4.00. The monoisotopic (exact) mass is 293 g/mol. The molecule has 108 valence electrons. The number of anilines is 1. The minimum atomic E-state index is -0.982. The fourth-order valence-corrected chi connectivity index (χ4v) is 3.51. The van der Waals surface area contributed by atoms with Gasteiger partial charge in [0.1, 0.15) is 0 Å². The summed E-state index contributed by atoms with van der Waals surface area (Å²) in [7, 11) is 0. The smallest absolute Gasteiger partial charge is 0.335 e. The van der Waals surface area contributed by atoms with Gasteiger partial charge in [0.15, 0.2) is 0 Å². The van der Waals surface area contributed by atoms with E-state index in [2.05, 4.69) is 5.32 Å². The molecule has 0 bridgehead atoms. The van der Waals surface area contributed by atoms with Crippen molar-refractivity contribution in [3.05, 3.63) is 29.3 Å². The number of benzene rings is 1. The Bertz CT molecular complexity index is 510. The number of amides is 1. The number of thioether (sulfide) groups is 1. The summed E-state index contributed by atoms with van der Waals surface area (Å²) >= 11 is 1.94. The van der Waals surface area contributed by atoms with Gasteiger partial charge in [-0.3, -0.25) is 4.79 Å². The van der Waals surface area contributed by atoms with Gasteiger partial charge in [-0.15, -0.1) is 0 Å². The van der Waals surface area contributed by atoms with E-state index in [0.717, 1.165) is 29.9 Å². The van der Waals surface area contributed by atoms with Crippen molar-refractivity contribution in [2.45, 2.75) is 26.2 Å². The molecule has 4 nitrogen and oxygen atoms in total. The number of carboxylic acid groups (broad SMARTS) is 1. The summed E-state index contributed by atoms with van der Waals surface area (Å²) in [5.41, 5.74) is 1.67. The van der Waals surface area contributed by atoms with Crippen LogP contribution >= 0.6 is 11.8 Å². The summed E-state index contributed by atoms with van der Waals surface area (Å²) in [5.74, 6) is 1.72.